The van der Waals surface area contributed by atoms with E-state index in [1.807, 2.05) is 12.1 Å². The van der Waals surface area contributed by atoms with Gasteiger partial charge in [0.1, 0.15) is 11.7 Å². The van der Waals surface area contributed by atoms with E-state index in [1.54, 1.807) is 6.20 Å². The Morgan fingerprint density at radius 2 is 1.83 bits per heavy atom. The number of halogens is 3. The van der Waals surface area contributed by atoms with Crippen molar-refractivity contribution in [2.75, 3.05) is 42.9 Å². The molecule has 2 fully saturated rings. The normalized spacial score (nSPS) is 21.5. The van der Waals surface area contributed by atoms with Gasteiger partial charge in [-0.05, 0) is 50.4 Å². The van der Waals surface area contributed by atoms with Crippen LogP contribution in [0.2, 0.25) is 0 Å². The molecule has 0 bridgehead atoms. The van der Waals surface area contributed by atoms with Crippen LogP contribution in [0, 0.1) is 10.1 Å². The molecule has 1 saturated carbocycles. The Morgan fingerprint density at radius 1 is 1.11 bits per heavy atom. The molecule has 0 atom stereocenters. The maximum atomic E-state index is 13.2. The molecule has 11 heteroatoms. The van der Waals surface area contributed by atoms with E-state index in [9.17, 15) is 23.3 Å². The molecule has 0 unspecified atom stereocenters. The van der Waals surface area contributed by atoms with Crippen LogP contribution in [0.5, 0.6) is 5.88 Å². The van der Waals surface area contributed by atoms with Crippen LogP contribution in [-0.4, -0.2) is 59.7 Å². The van der Waals surface area contributed by atoms with Crippen LogP contribution in [0.3, 0.4) is 0 Å². The van der Waals surface area contributed by atoms with Gasteiger partial charge in [-0.1, -0.05) is 6.92 Å². The van der Waals surface area contributed by atoms with Crippen LogP contribution in [-0.2, 0) is 6.18 Å². The van der Waals surface area contributed by atoms with Gasteiger partial charge >= 0.3 is 6.18 Å². The number of hydrogen-bond acceptors (Lipinski definition) is 7. The highest BCUT2D eigenvalue weighted by atomic mass is 19.4. The van der Waals surface area contributed by atoms with Crippen LogP contribution in [0.1, 0.15) is 38.2 Å². The van der Waals surface area contributed by atoms with Crippen molar-refractivity contribution in [3.05, 3.63) is 52.2 Å². The van der Waals surface area contributed by atoms with Gasteiger partial charge in [0.05, 0.1) is 4.92 Å². The van der Waals surface area contributed by atoms with Gasteiger partial charge in [0.2, 0.25) is 5.88 Å². The molecule has 8 nitrogen and oxygen atoms in total. The summed E-state index contributed by atoms with van der Waals surface area (Å²) >= 11 is 0. The first-order chi connectivity index (χ1) is 16.7. The van der Waals surface area contributed by atoms with Crippen LogP contribution in [0.4, 0.5) is 30.2 Å². The highest BCUT2D eigenvalue weighted by molar-refractivity contribution is 5.55. The number of nitrogens with one attached hydrogen (secondary N) is 1. The van der Waals surface area contributed by atoms with Gasteiger partial charge in [-0.2, -0.15) is 13.2 Å². The second-order valence-electron chi connectivity index (χ2n) is 9.00. The van der Waals surface area contributed by atoms with Crippen molar-refractivity contribution >= 4 is 17.1 Å². The molecule has 0 radical (unpaired) electrons. The maximum absolute atomic E-state index is 13.2. The summed E-state index contributed by atoms with van der Waals surface area (Å²) in [4.78, 5) is 19.1. The average Bonchev–Trinajstić information content (AvgIpc) is 2.85. The van der Waals surface area contributed by atoms with Crippen LogP contribution in [0.25, 0.3) is 0 Å². The molecule has 1 saturated heterocycles. The van der Waals surface area contributed by atoms with Gasteiger partial charge in [-0.3, -0.25) is 10.1 Å². The lowest BCUT2D eigenvalue weighted by atomic mass is 9.92. The van der Waals surface area contributed by atoms with E-state index in [2.05, 4.69) is 27.0 Å². The maximum Gasteiger partial charge on any atom is 0.423 e. The summed E-state index contributed by atoms with van der Waals surface area (Å²) in [6.45, 7) is 7.23. The number of aromatic nitrogens is 1. The van der Waals surface area contributed by atoms with Gasteiger partial charge in [-0.25, -0.2) is 4.98 Å². The predicted molar refractivity (Wildman–Crippen MR) is 127 cm³/mol. The van der Waals surface area contributed by atoms with Gasteiger partial charge in [0, 0.05) is 61.9 Å². The van der Waals surface area contributed by atoms with Crippen molar-refractivity contribution in [2.24, 2.45) is 0 Å². The Hall–Kier alpha value is -3.08. The fourth-order valence-electron chi connectivity index (χ4n) is 4.73. The number of nitro groups is 1. The second-order valence-corrected chi connectivity index (χ2v) is 9.00. The molecule has 190 valence electrons. The molecule has 1 aromatic heterocycles. The third-order valence-corrected chi connectivity index (χ3v) is 6.73. The lowest BCUT2D eigenvalue weighted by molar-refractivity contribution is -0.388. The van der Waals surface area contributed by atoms with E-state index in [-0.39, 0.29) is 17.8 Å². The monoisotopic (exact) mass is 493 g/mol. The molecule has 1 N–H and O–H groups in total. The van der Waals surface area contributed by atoms with E-state index < -0.39 is 22.4 Å². The zero-order valence-electron chi connectivity index (χ0n) is 19.6. The zero-order chi connectivity index (χ0) is 25.0. The van der Waals surface area contributed by atoms with Crippen molar-refractivity contribution in [1.82, 2.24) is 9.88 Å². The number of hydrogen-bond donors (Lipinski definition) is 1. The number of anilines is 2. The number of rotatable bonds is 7. The summed E-state index contributed by atoms with van der Waals surface area (Å²) in [5.41, 5.74) is -0.863. The molecule has 1 aliphatic carbocycles. The number of likely N-dealkylation sites (N-methyl/N-ethyl adjacent to an activating group) is 1. The van der Waals surface area contributed by atoms with E-state index >= 15 is 0 Å². The fourth-order valence-corrected chi connectivity index (χ4v) is 4.73. The Kier molecular flexibility index (Phi) is 7.63. The number of nitrogens with zero attached hydrogens (tertiary/aromatic N) is 4. The highest BCUT2D eigenvalue weighted by Crippen LogP contribution is 2.38. The minimum Gasteiger partial charge on any atom is -0.474 e. The molecule has 2 aliphatic rings. The fraction of sp³-hybridized carbons (Fsp3) is 0.542. The van der Waals surface area contributed by atoms with Crippen molar-refractivity contribution in [1.29, 1.82) is 0 Å². The first-order valence-corrected chi connectivity index (χ1v) is 11.9. The first-order valence-electron chi connectivity index (χ1n) is 11.9. The molecule has 4 rings (SSSR count). The topological polar surface area (TPSA) is 83.8 Å². The van der Waals surface area contributed by atoms with Crippen molar-refractivity contribution in [3.8, 4) is 5.88 Å². The summed E-state index contributed by atoms with van der Waals surface area (Å²) in [6, 6.07) is 6.98. The SMILES string of the molecule is CCN1CCN(c2ccnc(O[C@H]3CC[C@H](Nc4ccc([N+](=O)[O-])c(C(F)(F)F)c4)CC3)c2)CC1. The molecule has 1 aromatic carbocycles. The van der Waals surface area contributed by atoms with E-state index in [0.29, 0.717) is 18.7 Å². The Balaban J connectivity index is 1.31. The standard InChI is InChI=1S/C24H30F3N5O3/c1-2-30-11-13-31(14-12-30)19-9-10-28-23(16-19)35-20-6-3-17(4-7-20)29-18-5-8-22(32(33)34)21(15-18)24(25,26)27/h5,8-10,15-17,20,29H,2-4,6-7,11-14H2,1H3/t17-,20-. The number of pyridine rings is 1. The van der Waals surface area contributed by atoms with Crippen LogP contribution >= 0.6 is 0 Å². The second kappa shape index (κ2) is 10.7. The molecule has 0 amide bonds. The van der Waals surface area contributed by atoms with E-state index in [1.165, 1.54) is 6.07 Å². The lowest BCUT2D eigenvalue weighted by Crippen LogP contribution is -2.46. The zero-order valence-corrected chi connectivity index (χ0v) is 19.6. The molecule has 2 heterocycles. The minimum atomic E-state index is -4.79. The average molecular weight is 494 g/mol. The highest BCUT2D eigenvalue weighted by Gasteiger charge is 2.38. The third-order valence-electron chi connectivity index (χ3n) is 6.73. The molecule has 0 spiro atoms. The Labute approximate surface area is 202 Å². The van der Waals surface area contributed by atoms with Crippen molar-refractivity contribution in [3.63, 3.8) is 0 Å². The van der Waals surface area contributed by atoms with E-state index in [4.69, 9.17) is 4.74 Å². The minimum absolute atomic E-state index is 0.0182. The first kappa shape index (κ1) is 25.0. The van der Waals surface area contributed by atoms with Gasteiger partial charge in [0.15, 0.2) is 0 Å². The summed E-state index contributed by atoms with van der Waals surface area (Å²) in [7, 11) is 0. The van der Waals surface area contributed by atoms with Crippen molar-refractivity contribution in [2.45, 2.75) is 50.9 Å². The summed E-state index contributed by atoms with van der Waals surface area (Å²) in [5, 5.41) is 14.1. The Bertz CT molecular complexity index is 1020. The van der Waals surface area contributed by atoms with Gasteiger partial charge < -0.3 is 19.9 Å². The number of ether oxygens (including phenoxy) is 1. The summed E-state index contributed by atoms with van der Waals surface area (Å²) in [6.07, 6.45) is -0.164. The Morgan fingerprint density at radius 3 is 2.46 bits per heavy atom. The quantitative estimate of drug-likeness (QED) is 0.432. The van der Waals surface area contributed by atoms with Crippen LogP contribution < -0.4 is 15.0 Å². The molecule has 2 aromatic rings. The lowest BCUT2D eigenvalue weighted by Gasteiger charge is -2.35. The van der Waals surface area contributed by atoms with Gasteiger partial charge in [-0.15, -0.1) is 0 Å². The van der Waals surface area contributed by atoms with E-state index in [0.717, 1.165) is 63.4 Å². The predicted octanol–water partition coefficient (Wildman–Crippen LogP) is 4.95. The summed E-state index contributed by atoms with van der Waals surface area (Å²) in [5.74, 6) is 0.585. The molecular weight excluding hydrogens is 463 g/mol. The van der Waals surface area contributed by atoms with Crippen molar-refractivity contribution < 1.29 is 22.8 Å². The molecular formula is C24H30F3N5O3. The number of alkyl halides is 3. The number of benzene rings is 1. The van der Waals surface area contributed by atoms with Crippen LogP contribution in [0.15, 0.2) is 36.5 Å². The molecule has 35 heavy (non-hydrogen) atoms. The number of nitro benzene ring substituents is 1. The third kappa shape index (κ3) is 6.33. The molecule has 1 aliphatic heterocycles. The smallest absolute Gasteiger partial charge is 0.423 e. The number of piperazine rings is 1. The van der Waals surface area contributed by atoms with Gasteiger partial charge in [0.25, 0.3) is 5.69 Å². The summed E-state index contributed by atoms with van der Waals surface area (Å²) < 4.78 is 45.9. The largest absolute Gasteiger partial charge is 0.474 e.